The minimum absolute atomic E-state index is 0.108. The number of nitrogens with one attached hydrogen (secondary N) is 1. The summed E-state index contributed by atoms with van der Waals surface area (Å²) in [5.74, 6) is 1.78. The fraction of sp³-hybridized carbons (Fsp3) is 0.292. The number of hydrogen-bond acceptors (Lipinski definition) is 6. The fourth-order valence-corrected chi connectivity index (χ4v) is 4.42. The smallest absolute Gasteiger partial charge is 0.290 e. The molecule has 8 nitrogen and oxygen atoms in total. The second-order valence-electron chi connectivity index (χ2n) is 8.46. The Morgan fingerprint density at radius 3 is 2.72 bits per heavy atom. The van der Waals surface area contributed by atoms with Crippen molar-refractivity contribution in [2.45, 2.75) is 25.8 Å². The van der Waals surface area contributed by atoms with E-state index in [1.807, 2.05) is 60.1 Å². The SMILES string of the molecule is Cc1cccc(Oc2ccc(-c3nn(C4CCCN(C)C4)c4c(=O)[nH]nc(N)c34)cc2)c1. The van der Waals surface area contributed by atoms with Crippen LogP contribution >= 0.6 is 0 Å². The zero-order valence-corrected chi connectivity index (χ0v) is 18.2. The first-order valence-electron chi connectivity index (χ1n) is 10.8. The van der Waals surface area contributed by atoms with E-state index in [-0.39, 0.29) is 17.4 Å². The minimum Gasteiger partial charge on any atom is -0.457 e. The maximum atomic E-state index is 12.7. The molecular formula is C24H26N6O2. The molecule has 5 rings (SSSR count). The lowest BCUT2D eigenvalue weighted by Gasteiger charge is -2.30. The van der Waals surface area contributed by atoms with E-state index in [1.54, 1.807) is 0 Å². The number of fused-ring (bicyclic) bond motifs is 1. The summed E-state index contributed by atoms with van der Waals surface area (Å²) >= 11 is 0. The lowest BCUT2D eigenvalue weighted by atomic mass is 10.1. The average Bonchev–Trinajstić information content (AvgIpc) is 3.19. The summed E-state index contributed by atoms with van der Waals surface area (Å²) in [4.78, 5) is 15.0. The van der Waals surface area contributed by atoms with E-state index in [4.69, 9.17) is 15.6 Å². The van der Waals surface area contributed by atoms with Crippen LogP contribution in [0.1, 0.15) is 24.4 Å². The number of ether oxygens (including phenoxy) is 1. The Kier molecular flexibility index (Phi) is 5.14. The molecule has 0 saturated carbocycles. The number of aromatic amines is 1. The number of anilines is 1. The van der Waals surface area contributed by atoms with Crippen molar-refractivity contribution in [3.63, 3.8) is 0 Å². The molecule has 0 amide bonds. The van der Waals surface area contributed by atoms with Gasteiger partial charge in [-0.3, -0.25) is 9.48 Å². The highest BCUT2D eigenvalue weighted by molar-refractivity contribution is 5.99. The summed E-state index contributed by atoms with van der Waals surface area (Å²) in [7, 11) is 2.09. The van der Waals surface area contributed by atoms with E-state index in [9.17, 15) is 4.79 Å². The summed E-state index contributed by atoms with van der Waals surface area (Å²) in [5, 5.41) is 12.0. The summed E-state index contributed by atoms with van der Waals surface area (Å²) in [6.07, 6.45) is 2.02. The van der Waals surface area contributed by atoms with Crippen molar-refractivity contribution in [1.82, 2.24) is 24.9 Å². The number of piperidine rings is 1. The van der Waals surface area contributed by atoms with Crippen LogP contribution in [0.5, 0.6) is 11.5 Å². The minimum atomic E-state index is -0.277. The van der Waals surface area contributed by atoms with Crippen molar-refractivity contribution in [1.29, 1.82) is 0 Å². The normalized spacial score (nSPS) is 17.0. The summed E-state index contributed by atoms with van der Waals surface area (Å²) in [5.41, 5.74) is 9.06. The first kappa shape index (κ1) is 20.3. The number of aromatic nitrogens is 4. The van der Waals surface area contributed by atoms with Crippen molar-refractivity contribution < 1.29 is 4.74 Å². The van der Waals surface area contributed by atoms with Gasteiger partial charge in [0, 0.05) is 12.1 Å². The third kappa shape index (κ3) is 3.73. The molecular weight excluding hydrogens is 404 g/mol. The van der Waals surface area contributed by atoms with Gasteiger partial charge < -0.3 is 15.4 Å². The lowest BCUT2D eigenvalue weighted by molar-refractivity contribution is 0.206. The van der Waals surface area contributed by atoms with Gasteiger partial charge in [-0.2, -0.15) is 10.2 Å². The van der Waals surface area contributed by atoms with Crippen LogP contribution in [-0.4, -0.2) is 45.0 Å². The quantitative estimate of drug-likeness (QED) is 0.511. The van der Waals surface area contributed by atoms with E-state index in [0.29, 0.717) is 16.6 Å². The van der Waals surface area contributed by atoms with E-state index in [2.05, 4.69) is 22.1 Å². The second-order valence-corrected chi connectivity index (χ2v) is 8.46. The van der Waals surface area contributed by atoms with E-state index < -0.39 is 0 Å². The van der Waals surface area contributed by atoms with Gasteiger partial charge in [-0.1, -0.05) is 12.1 Å². The van der Waals surface area contributed by atoms with Crippen molar-refractivity contribution in [2.24, 2.45) is 0 Å². The first-order valence-corrected chi connectivity index (χ1v) is 10.8. The zero-order chi connectivity index (χ0) is 22.2. The molecule has 164 valence electrons. The highest BCUT2D eigenvalue weighted by Crippen LogP contribution is 2.34. The molecule has 1 aliphatic rings. The van der Waals surface area contributed by atoms with Crippen LogP contribution in [-0.2, 0) is 0 Å². The van der Waals surface area contributed by atoms with Crippen molar-refractivity contribution in [2.75, 3.05) is 25.9 Å². The van der Waals surface area contributed by atoms with Crippen LogP contribution in [0.3, 0.4) is 0 Å². The topological polar surface area (TPSA) is 102 Å². The Hall–Kier alpha value is -3.65. The third-order valence-electron chi connectivity index (χ3n) is 5.96. The molecule has 32 heavy (non-hydrogen) atoms. The van der Waals surface area contributed by atoms with Crippen molar-refractivity contribution in [3.05, 3.63) is 64.4 Å². The Balaban J connectivity index is 1.55. The van der Waals surface area contributed by atoms with E-state index in [1.165, 1.54) is 0 Å². The highest BCUT2D eigenvalue weighted by atomic mass is 16.5. The lowest BCUT2D eigenvalue weighted by Crippen LogP contribution is -2.34. The maximum absolute atomic E-state index is 12.7. The molecule has 1 fully saturated rings. The van der Waals surface area contributed by atoms with E-state index in [0.717, 1.165) is 48.6 Å². The molecule has 1 atom stereocenters. The predicted molar refractivity (Wildman–Crippen MR) is 125 cm³/mol. The van der Waals surface area contributed by atoms with Crippen LogP contribution in [0.25, 0.3) is 22.2 Å². The first-order chi connectivity index (χ1) is 15.5. The van der Waals surface area contributed by atoms with Gasteiger partial charge in [-0.15, -0.1) is 0 Å². The number of likely N-dealkylation sites (N-methyl/N-ethyl adjacent to an activating group) is 1. The number of aryl methyl sites for hydroxylation is 1. The number of benzene rings is 2. The molecule has 2 aromatic heterocycles. The fourth-order valence-electron chi connectivity index (χ4n) is 4.42. The summed E-state index contributed by atoms with van der Waals surface area (Å²) in [6.45, 7) is 3.91. The molecule has 2 aromatic carbocycles. The standard InChI is InChI=1S/C24H26N6O2/c1-15-5-3-7-19(13-15)32-18-10-8-16(9-11-18)21-20-22(24(31)27-26-23(20)25)30(28-21)17-6-4-12-29(2)14-17/h3,5,7-11,13,17H,4,6,12,14H2,1-2H3,(H2,25,26)(H,27,31). The largest absolute Gasteiger partial charge is 0.457 e. The molecule has 3 N–H and O–H groups in total. The molecule has 1 saturated heterocycles. The van der Waals surface area contributed by atoms with Gasteiger partial charge >= 0.3 is 0 Å². The molecule has 1 aliphatic heterocycles. The van der Waals surface area contributed by atoms with Crippen LogP contribution in [0, 0.1) is 6.92 Å². The molecule has 0 spiro atoms. The number of nitrogen functional groups attached to an aromatic ring is 1. The Bertz CT molecular complexity index is 1320. The van der Waals surface area contributed by atoms with Gasteiger partial charge in [0.05, 0.1) is 11.4 Å². The van der Waals surface area contributed by atoms with Crippen LogP contribution in [0.4, 0.5) is 5.82 Å². The van der Waals surface area contributed by atoms with Crippen molar-refractivity contribution in [3.8, 4) is 22.8 Å². The number of rotatable bonds is 4. The molecule has 8 heteroatoms. The van der Waals surface area contributed by atoms with Gasteiger partial charge in [0.2, 0.25) is 0 Å². The summed E-state index contributed by atoms with van der Waals surface area (Å²) in [6, 6.07) is 15.7. The third-order valence-corrected chi connectivity index (χ3v) is 5.96. The Morgan fingerprint density at radius 2 is 1.97 bits per heavy atom. The van der Waals surface area contributed by atoms with Crippen LogP contribution in [0.2, 0.25) is 0 Å². The molecule has 0 bridgehead atoms. The number of nitrogens with zero attached hydrogens (tertiary/aromatic N) is 4. The Morgan fingerprint density at radius 1 is 1.16 bits per heavy atom. The second kappa shape index (κ2) is 8.12. The number of nitrogens with two attached hydrogens (primary N) is 1. The van der Waals surface area contributed by atoms with Gasteiger partial charge in [-0.05, 0) is 75.3 Å². The van der Waals surface area contributed by atoms with Gasteiger partial charge in [0.1, 0.15) is 22.7 Å². The predicted octanol–water partition coefficient (Wildman–Crippen LogP) is 3.74. The van der Waals surface area contributed by atoms with Gasteiger partial charge in [0.25, 0.3) is 5.56 Å². The monoisotopic (exact) mass is 430 g/mol. The van der Waals surface area contributed by atoms with Gasteiger partial charge in [0.15, 0.2) is 5.82 Å². The number of hydrogen-bond donors (Lipinski definition) is 2. The molecule has 4 aromatic rings. The zero-order valence-electron chi connectivity index (χ0n) is 18.2. The van der Waals surface area contributed by atoms with Gasteiger partial charge in [-0.25, -0.2) is 5.10 Å². The van der Waals surface area contributed by atoms with Crippen molar-refractivity contribution >= 4 is 16.7 Å². The highest BCUT2D eigenvalue weighted by Gasteiger charge is 2.26. The number of likely N-dealkylation sites (tertiary alicyclic amines) is 1. The molecule has 0 radical (unpaired) electrons. The average molecular weight is 431 g/mol. The van der Waals surface area contributed by atoms with E-state index >= 15 is 0 Å². The Labute approximate surface area is 185 Å². The van der Waals surface area contributed by atoms with Crippen LogP contribution < -0.4 is 16.0 Å². The molecule has 3 heterocycles. The molecule has 1 unspecified atom stereocenters. The number of H-pyrrole nitrogens is 1. The molecule has 0 aliphatic carbocycles. The maximum Gasteiger partial charge on any atom is 0.290 e. The summed E-state index contributed by atoms with van der Waals surface area (Å²) < 4.78 is 7.81. The van der Waals surface area contributed by atoms with Crippen LogP contribution in [0.15, 0.2) is 53.3 Å².